The average Bonchev–Trinajstić information content (AvgIpc) is 2.62. The summed E-state index contributed by atoms with van der Waals surface area (Å²) in [5.74, 6) is 0. The van der Waals surface area contributed by atoms with Gasteiger partial charge in [0, 0.05) is 21.1 Å². The molecule has 0 aliphatic carbocycles. The minimum atomic E-state index is -1.74. The van der Waals surface area contributed by atoms with E-state index in [2.05, 4.69) is 0 Å². The Morgan fingerprint density at radius 3 is 0.394 bits per heavy atom. The fourth-order valence-corrected chi connectivity index (χ4v) is 0. The van der Waals surface area contributed by atoms with Gasteiger partial charge in [-0.05, 0) is 0 Å². The Morgan fingerprint density at radius 2 is 0.394 bits per heavy atom. The van der Waals surface area contributed by atoms with Crippen LogP contribution in [0.1, 0.15) is 0 Å². The molecule has 0 rings (SSSR count). The number of carbonyl (C=O) groups excluding carboxylic acids is 1. The third-order valence-corrected chi connectivity index (χ3v) is 1.90. The molecule has 0 heterocycles. The third-order valence-electron chi connectivity index (χ3n) is 0.634. The van der Waals surface area contributed by atoms with Gasteiger partial charge in [0.15, 0.2) is 0 Å². The largest absolute Gasteiger partial charge is 0.307 e. The second kappa shape index (κ2) is 27.2. The van der Waals surface area contributed by atoms with Gasteiger partial charge >= 0.3 is 0 Å². The number of halogens is 15. The molecule has 0 amide bonds. The molecule has 0 aromatic rings. The van der Waals surface area contributed by atoms with E-state index in [4.69, 9.17) is 205 Å². The van der Waals surface area contributed by atoms with E-state index in [0.717, 1.165) is 0 Å². The summed E-state index contributed by atoms with van der Waals surface area (Å²) in [7, 11) is 0. The number of nitrogens with zero attached hydrogens (tertiary/aromatic N) is 5. The van der Waals surface area contributed by atoms with Crippen LogP contribution in [0, 0.1) is 56.7 Å². The van der Waals surface area contributed by atoms with Crippen LogP contribution in [0.2, 0.25) is 0 Å². The molecule has 6 nitrogen and oxygen atoms in total. The Labute approximate surface area is 278 Å². The molecule has 33 heavy (non-hydrogen) atoms. The molecule has 0 aliphatic heterocycles. The van der Waals surface area contributed by atoms with Crippen LogP contribution in [0.5, 0.6) is 0 Å². The minimum absolute atomic E-state index is 0. The number of rotatable bonds is 0. The number of carbonyl (C=O) groups is 1. The van der Waals surface area contributed by atoms with Crippen molar-refractivity contribution < 1.29 is 25.9 Å². The Kier molecular flexibility index (Phi) is 42.6. The number of hydrogen-bond acceptors (Lipinski definition) is 6. The van der Waals surface area contributed by atoms with Crippen LogP contribution in [0.4, 0.5) is 0 Å². The zero-order valence-corrected chi connectivity index (χ0v) is 28.7. The molecule has 0 aromatic carbocycles. The molecular weight excluding hydrogens is 934 g/mol. The summed E-state index contributed by atoms with van der Waals surface area (Å²) in [6.45, 7) is 2.00. The maximum atomic E-state index is 8.00. The molecule has 188 valence electrons. The van der Waals surface area contributed by atoms with Gasteiger partial charge in [0.2, 0.25) is 0 Å². The maximum absolute atomic E-state index is 8.00. The fraction of sp³-hybridized carbons (Fsp3) is 0.455. The number of nitriles is 5. The van der Waals surface area contributed by atoms with E-state index in [-0.39, 0.29) is 21.1 Å². The molecule has 0 saturated heterocycles. The zero-order valence-electron chi connectivity index (χ0n) is 14.4. The van der Waals surface area contributed by atoms with E-state index in [1.807, 2.05) is 6.79 Å². The van der Waals surface area contributed by atoms with Crippen LogP contribution in [-0.4, -0.2) is 25.8 Å². The summed E-state index contributed by atoms with van der Waals surface area (Å²) in [5.41, 5.74) is 0. The molecule has 0 radical (unpaired) electrons. The van der Waals surface area contributed by atoms with E-state index in [9.17, 15) is 0 Å². The van der Waals surface area contributed by atoms with Crippen molar-refractivity contribution in [2.45, 2.75) is 19.0 Å². The predicted molar refractivity (Wildman–Crippen MR) is 137 cm³/mol. The van der Waals surface area contributed by atoms with Crippen molar-refractivity contribution in [2.75, 3.05) is 0 Å². The normalized spacial score (nSPS) is 9.52. The van der Waals surface area contributed by atoms with Gasteiger partial charge in [-0.15, -0.1) is 0 Å². The van der Waals surface area contributed by atoms with Crippen LogP contribution in [0.25, 0.3) is 0 Å². The molecule has 0 N–H and O–H groups in total. The molecule has 0 spiro atoms. The number of hydrogen-bond donors (Lipinski definition) is 0. The first-order valence-corrected chi connectivity index (χ1v) is 11.2. The minimum Gasteiger partial charge on any atom is -0.307 e. The first-order valence-electron chi connectivity index (χ1n) is 5.49. The molecule has 0 unspecified atom stereocenters. The zero-order chi connectivity index (χ0) is 28.0. The Bertz CT molecular complexity index is 547. The molecule has 0 saturated carbocycles. The first-order chi connectivity index (χ1) is 13.8. The number of alkyl halides is 15. The van der Waals surface area contributed by atoms with Gasteiger partial charge in [0.1, 0.15) is 37.1 Å². The summed E-state index contributed by atoms with van der Waals surface area (Å²) in [4.78, 5) is 8.00. The van der Waals surface area contributed by atoms with Crippen molar-refractivity contribution in [3.05, 3.63) is 0 Å². The smallest absolute Gasteiger partial charge is 0.277 e. The van der Waals surface area contributed by atoms with E-state index in [1.54, 1.807) is 0 Å². The molecule has 0 bridgehead atoms. The van der Waals surface area contributed by atoms with E-state index in [1.165, 1.54) is 30.3 Å². The maximum Gasteiger partial charge on any atom is 0.277 e. The van der Waals surface area contributed by atoms with Gasteiger partial charge in [0.05, 0.1) is 0 Å². The monoisotopic (exact) mass is 929 g/mol. The van der Waals surface area contributed by atoms with Crippen molar-refractivity contribution >= 4 is 181 Å². The van der Waals surface area contributed by atoms with E-state index >= 15 is 0 Å². The van der Waals surface area contributed by atoms with Crippen LogP contribution in [0.3, 0.4) is 0 Å². The van der Waals surface area contributed by atoms with Gasteiger partial charge in [-0.25, -0.2) is 0 Å². The summed E-state index contributed by atoms with van der Waals surface area (Å²) >= 11 is 73.3. The third kappa shape index (κ3) is 120. The SMILES string of the molecule is C=O.N#CC(Cl)(Cl)Cl.N#CC(Cl)(Cl)Cl.N#CC(Cl)(Cl)Cl.N#CC(Cl)(Cl)Cl.N#CC(Cl)(Cl)Cl.[W]. The van der Waals surface area contributed by atoms with Gasteiger partial charge in [-0.2, -0.15) is 26.3 Å². The molecule has 0 aromatic heterocycles. The second-order valence-corrected chi connectivity index (χ2v) is 14.5. The Balaban J connectivity index is -0.0000000498. The summed E-state index contributed by atoms with van der Waals surface area (Å²) in [6.07, 6.45) is 0. The molecule has 0 aliphatic rings. The van der Waals surface area contributed by atoms with Crippen molar-refractivity contribution in [3.8, 4) is 30.3 Å². The van der Waals surface area contributed by atoms with E-state index < -0.39 is 19.0 Å². The molecule has 0 atom stereocenters. The average molecular weight is 936 g/mol. The standard InChI is InChI=1S/5C2Cl3N.CH2O.W/c5*3-2(4,5)1-6;1-2;/h;;;;;1H2;. The topological polar surface area (TPSA) is 136 Å². The van der Waals surface area contributed by atoms with Crippen molar-refractivity contribution in [1.82, 2.24) is 0 Å². The quantitative estimate of drug-likeness (QED) is 0.222. The van der Waals surface area contributed by atoms with Gasteiger partial charge in [-0.1, -0.05) is 174 Å². The van der Waals surface area contributed by atoms with Crippen LogP contribution in [-0.2, 0) is 25.9 Å². The van der Waals surface area contributed by atoms with Crippen molar-refractivity contribution in [3.63, 3.8) is 0 Å². The van der Waals surface area contributed by atoms with Crippen LogP contribution < -0.4 is 0 Å². The summed E-state index contributed by atoms with van der Waals surface area (Å²) in [5, 5.41) is 38.8. The Morgan fingerprint density at radius 1 is 0.364 bits per heavy atom. The molecular formula is C11H2Cl15N5OW. The second-order valence-electron chi connectivity index (χ2n) is 3.05. The first kappa shape index (κ1) is 51.7. The van der Waals surface area contributed by atoms with Gasteiger partial charge in [-0.3, -0.25) is 0 Å². The van der Waals surface area contributed by atoms with Gasteiger partial charge < -0.3 is 4.79 Å². The van der Waals surface area contributed by atoms with Gasteiger partial charge in [0.25, 0.3) is 19.0 Å². The van der Waals surface area contributed by atoms with Crippen molar-refractivity contribution in [1.29, 1.82) is 26.3 Å². The summed E-state index contributed by atoms with van der Waals surface area (Å²) in [6, 6.07) is 7.00. The Hall–Kier alpha value is 2.16. The van der Waals surface area contributed by atoms with Crippen LogP contribution >= 0.6 is 174 Å². The van der Waals surface area contributed by atoms with Crippen LogP contribution in [0.15, 0.2) is 0 Å². The molecule has 22 heteroatoms. The summed E-state index contributed by atoms with van der Waals surface area (Å²) < 4.78 is -8.68. The molecule has 0 fully saturated rings. The fourth-order valence-electron chi connectivity index (χ4n) is 0. The van der Waals surface area contributed by atoms with E-state index in [0.29, 0.717) is 0 Å². The predicted octanol–water partition coefficient (Wildman–Crippen LogP) is 9.21. The van der Waals surface area contributed by atoms with Crippen molar-refractivity contribution in [2.24, 2.45) is 0 Å².